The molecule has 0 fully saturated rings. The van der Waals surface area contributed by atoms with Crippen LogP contribution >= 0.6 is 0 Å². The maximum absolute atomic E-state index is 12.4. The number of carbonyl (C=O) groups excluding carboxylic acids is 2. The molecule has 1 aliphatic rings. The number of hydrogen-bond acceptors (Lipinski definition) is 4. The molecule has 3 rings (SSSR count). The van der Waals surface area contributed by atoms with Crippen molar-refractivity contribution in [2.75, 3.05) is 13.7 Å². The molecule has 4 heteroatoms. The number of ketones is 2. The van der Waals surface area contributed by atoms with Gasteiger partial charge in [0.15, 0.2) is 11.6 Å². The summed E-state index contributed by atoms with van der Waals surface area (Å²) in [4.78, 5) is 24.6. The van der Waals surface area contributed by atoms with E-state index in [0.717, 1.165) is 24.2 Å². The van der Waals surface area contributed by atoms with Gasteiger partial charge in [-0.1, -0.05) is 38.1 Å². The van der Waals surface area contributed by atoms with Crippen LogP contribution in [-0.2, 0) is 6.42 Å². The molecule has 0 saturated heterocycles. The SMILES string of the molecule is CC.COc1cccc(C(=O)CCC(=O)c2ccc3c(c2)OCCC3)c1. The quantitative estimate of drug-likeness (QED) is 0.693. The minimum absolute atomic E-state index is 0.0387. The number of rotatable bonds is 6. The van der Waals surface area contributed by atoms with Crippen LogP contribution in [0.3, 0.4) is 0 Å². The third-order valence-electron chi connectivity index (χ3n) is 4.21. The summed E-state index contributed by atoms with van der Waals surface area (Å²) >= 11 is 0. The topological polar surface area (TPSA) is 52.6 Å². The first kappa shape index (κ1) is 19.7. The molecule has 0 N–H and O–H groups in total. The van der Waals surface area contributed by atoms with Gasteiger partial charge in [0.1, 0.15) is 11.5 Å². The van der Waals surface area contributed by atoms with Gasteiger partial charge in [-0.25, -0.2) is 0 Å². The van der Waals surface area contributed by atoms with Crippen molar-refractivity contribution in [3.63, 3.8) is 0 Å². The molecule has 0 spiro atoms. The maximum Gasteiger partial charge on any atom is 0.163 e. The Labute approximate surface area is 155 Å². The number of Topliss-reactive ketones (excluding diaryl/α,β-unsaturated/α-hetero) is 2. The van der Waals surface area contributed by atoms with E-state index < -0.39 is 0 Å². The van der Waals surface area contributed by atoms with E-state index >= 15 is 0 Å². The standard InChI is InChI=1S/C20H20O4.C2H6/c1-23-17-6-2-4-15(12-17)18(21)9-10-19(22)16-8-7-14-5-3-11-24-20(14)13-16;1-2/h2,4,6-8,12-13H,3,5,9-11H2,1H3;1-2H3. The second-order valence-corrected chi connectivity index (χ2v) is 5.85. The molecular weight excluding hydrogens is 328 g/mol. The molecule has 0 unspecified atom stereocenters. The molecule has 4 nitrogen and oxygen atoms in total. The smallest absolute Gasteiger partial charge is 0.163 e. The Morgan fingerprint density at radius 3 is 2.38 bits per heavy atom. The van der Waals surface area contributed by atoms with Crippen molar-refractivity contribution in [1.82, 2.24) is 0 Å². The summed E-state index contributed by atoms with van der Waals surface area (Å²) in [6, 6.07) is 12.6. The van der Waals surface area contributed by atoms with Gasteiger partial charge >= 0.3 is 0 Å². The molecule has 0 radical (unpaired) electrons. The van der Waals surface area contributed by atoms with E-state index in [1.807, 2.05) is 26.0 Å². The maximum atomic E-state index is 12.4. The highest BCUT2D eigenvalue weighted by Crippen LogP contribution is 2.26. The zero-order valence-electron chi connectivity index (χ0n) is 15.7. The van der Waals surface area contributed by atoms with Gasteiger partial charge in [-0.05, 0) is 36.6 Å². The number of carbonyl (C=O) groups is 2. The van der Waals surface area contributed by atoms with E-state index in [9.17, 15) is 9.59 Å². The van der Waals surface area contributed by atoms with Crippen molar-refractivity contribution in [2.45, 2.75) is 39.5 Å². The fourth-order valence-electron chi connectivity index (χ4n) is 2.83. The van der Waals surface area contributed by atoms with Crippen molar-refractivity contribution >= 4 is 11.6 Å². The summed E-state index contributed by atoms with van der Waals surface area (Å²) < 4.78 is 10.7. The molecule has 0 amide bonds. The highest BCUT2D eigenvalue weighted by molar-refractivity contribution is 6.02. The summed E-state index contributed by atoms with van der Waals surface area (Å²) in [7, 11) is 1.56. The van der Waals surface area contributed by atoms with Crippen LogP contribution in [0.15, 0.2) is 42.5 Å². The molecule has 1 aliphatic heterocycles. The minimum Gasteiger partial charge on any atom is -0.497 e. The zero-order valence-corrected chi connectivity index (χ0v) is 15.7. The fourth-order valence-corrected chi connectivity index (χ4v) is 2.83. The van der Waals surface area contributed by atoms with E-state index in [1.54, 1.807) is 37.4 Å². The van der Waals surface area contributed by atoms with E-state index in [4.69, 9.17) is 9.47 Å². The highest BCUT2D eigenvalue weighted by atomic mass is 16.5. The van der Waals surface area contributed by atoms with E-state index in [1.165, 1.54) is 0 Å². The molecule has 1 heterocycles. The minimum atomic E-state index is -0.0588. The van der Waals surface area contributed by atoms with Crippen LogP contribution in [0.25, 0.3) is 0 Å². The third kappa shape index (κ3) is 4.94. The molecule has 138 valence electrons. The van der Waals surface area contributed by atoms with Crippen molar-refractivity contribution < 1.29 is 19.1 Å². The lowest BCUT2D eigenvalue weighted by Gasteiger charge is -2.17. The molecule has 0 aliphatic carbocycles. The van der Waals surface area contributed by atoms with Gasteiger partial charge < -0.3 is 9.47 Å². The van der Waals surface area contributed by atoms with Crippen LogP contribution in [0.1, 0.15) is 59.4 Å². The van der Waals surface area contributed by atoms with E-state index in [2.05, 4.69) is 0 Å². The predicted octanol–water partition coefficient (Wildman–Crippen LogP) is 4.89. The molecule has 2 aromatic rings. The van der Waals surface area contributed by atoms with Crippen LogP contribution < -0.4 is 9.47 Å². The van der Waals surface area contributed by atoms with Crippen LogP contribution in [0.5, 0.6) is 11.5 Å². The highest BCUT2D eigenvalue weighted by Gasteiger charge is 2.15. The van der Waals surface area contributed by atoms with Gasteiger partial charge in [0.05, 0.1) is 13.7 Å². The molecular formula is C22H26O4. The molecule has 0 saturated carbocycles. The van der Waals surface area contributed by atoms with E-state index in [0.29, 0.717) is 23.5 Å². The molecule has 2 aromatic carbocycles. The summed E-state index contributed by atoms with van der Waals surface area (Å²) in [5, 5.41) is 0. The first-order valence-corrected chi connectivity index (χ1v) is 9.13. The third-order valence-corrected chi connectivity index (χ3v) is 4.21. The van der Waals surface area contributed by atoms with Crippen LogP contribution in [0, 0.1) is 0 Å². The number of aryl methyl sites for hydroxylation is 1. The number of ether oxygens (including phenoxy) is 2. The van der Waals surface area contributed by atoms with Gasteiger partial charge in [0, 0.05) is 24.0 Å². The average Bonchev–Trinajstić information content (AvgIpc) is 2.72. The molecule has 0 atom stereocenters. The lowest BCUT2D eigenvalue weighted by molar-refractivity contribution is 0.0917. The second kappa shape index (κ2) is 9.76. The summed E-state index contributed by atoms with van der Waals surface area (Å²) in [5.74, 6) is 1.34. The van der Waals surface area contributed by atoms with Gasteiger partial charge in [-0.15, -0.1) is 0 Å². The van der Waals surface area contributed by atoms with Crippen LogP contribution in [0.2, 0.25) is 0 Å². The average molecular weight is 354 g/mol. The van der Waals surface area contributed by atoms with Crippen LogP contribution in [0.4, 0.5) is 0 Å². The number of benzene rings is 2. The second-order valence-electron chi connectivity index (χ2n) is 5.85. The van der Waals surface area contributed by atoms with Crippen molar-refractivity contribution in [3.05, 3.63) is 59.2 Å². The van der Waals surface area contributed by atoms with Gasteiger partial charge in [-0.3, -0.25) is 9.59 Å². The zero-order chi connectivity index (χ0) is 18.9. The lowest BCUT2D eigenvalue weighted by atomic mass is 9.98. The van der Waals surface area contributed by atoms with Gasteiger partial charge in [0.2, 0.25) is 0 Å². The Morgan fingerprint density at radius 1 is 1.00 bits per heavy atom. The Balaban J connectivity index is 0.00000117. The van der Waals surface area contributed by atoms with E-state index in [-0.39, 0.29) is 24.4 Å². The van der Waals surface area contributed by atoms with Crippen molar-refractivity contribution in [3.8, 4) is 11.5 Å². The monoisotopic (exact) mass is 354 g/mol. The largest absolute Gasteiger partial charge is 0.497 e. The van der Waals surface area contributed by atoms with Crippen LogP contribution in [-0.4, -0.2) is 25.3 Å². The Kier molecular flexibility index (Phi) is 7.39. The number of hydrogen-bond donors (Lipinski definition) is 0. The van der Waals surface area contributed by atoms with Crippen molar-refractivity contribution in [1.29, 1.82) is 0 Å². The Hall–Kier alpha value is -2.62. The fraction of sp³-hybridized carbons (Fsp3) is 0.364. The molecule has 26 heavy (non-hydrogen) atoms. The summed E-state index contributed by atoms with van der Waals surface area (Å²) in [6.45, 7) is 4.69. The normalized spacial score (nSPS) is 12.1. The number of methoxy groups -OCH3 is 1. The van der Waals surface area contributed by atoms with Crippen molar-refractivity contribution in [2.24, 2.45) is 0 Å². The lowest BCUT2D eigenvalue weighted by Crippen LogP contribution is -2.10. The summed E-state index contributed by atoms with van der Waals surface area (Å²) in [5.41, 5.74) is 2.32. The van der Waals surface area contributed by atoms with Gasteiger partial charge in [-0.2, -0.15) is 0 Å². The first-order chi connectivity index (χ1) is 12.7. The predicted molar refractivity (Wildman–Crippen MR) is 102 cm³/mol. The first-order valence-electron chi connectivity index (χ1n) is 9.13. The Morgan fingerprint density at radius 2 is 1.69 bits per heavy atom. The number of fused-ring (bicyclic) bond motifs is 1. The molecule has 0 aromatic heterocycles. The van der Waals surface area contributed by atoms with Gasteiger partial charge in [0.25, 0.3) is 0 Å². The molecule has 0 bridgehead atoms. The Bertz CT molecular complexity index is 764. The summed E-state index contributed by atoms with van der Waals surface area (Å²) in [6.07, 6.45) is 2.37.